The molecule has 0 fully saturated rings. The molecule has 162 valence electrons. The highest BCUT2D eigenvalue weighted by molar-refractivity contribution is 6.36. The predicted octanol–water partition coefficient (Wildman–Crippen LogP) is 4.94. The second-order valence-corrected chi connectivity index (χ2v) is 6.64. The lowest BCUT2D eigenvalue weighted by atomic mass is 10.1. The van der Waals surface area contributed by atoms with Gasteiger partial charge in [0.15, 0.2) is 0 Å². The number of ether oxygens (including phenoxy) is 1. The van der Waals surface area contributed by atoms with Crippen molar-refractivity contribution >= 4 is 40.8 Å². The zero-order chi connectivity index (χ0) is 22.7. The number of carbonyl (C=O) groups excluding carboxylic acids is 2. The van der Waals surface area contributed by atoms with Crippen LogP contribution in [0.3, 0.4) is 0 Å². The van der Waals surface area contributed by atoms with Crippen LogP contribution in [-0.4, -0.2) is 30.3 Å². The number of halogens is 7. The summed E-state index contributed by atoms with van der Waals surface area (Å²) in [5, 5.41) is 2.89. The van der Waals surface area contributed by atoms with Gasteiger partial charge in [-0.3, -0.25) is 4.79 Å². The van der Waals surface area contributed by atoms with Gasteiger partial charge < -0.3 is 15.4 Å². The SMILES string of the molecule is CCOC(=O)[C@@](NC(=O)c1ccc(Cl)cc1Cl)(Nc1ccc(F)cc1F)C(F)(F)F. The van der Waals surface area contributed by atoms with E-state index >= 15 is 0 Å². The summed E-state index contributed by atoms with van der Waals surface area (Å²) in [4.78, 5) is 24.9. The normalized spacial score (nSPS) is 13.3. The number of alkyl halides is 3. The van der Waals surface area contributed by atoms with Gasteiger partial charge in [-0.1, -0.05) is 23.2 Å². The van der Waals surface area contributed by atoms with Gasteiger partial charge in [0, 0.05) is 11.1 Å². The quantitative estimate of drug-likeness (QED) is 0.356. The van der Waals surface area contributed by atoms with E-state index in [9.17, 15) is 31.5 Å². The van der Waals surface area contributed by atoms with Crippen LogP contribution in [0.2, 0.25) is 10.0 Å². The summed E-state index contributed by atoms with van der Waals surface area (Å²) in [6, 6.07) is 4.92. The summed E-state index contributed by atoms with van der Waals surface area (Å²) in [7, 11) is 0. The molecule has 5 nitrogen and oxygen atoms in total. The monoisotopic (exact) mass is 470 g/mol. The van der Waals surface area contributed by atoms with E-state index < -0.39 is 53.2 Å². The van der Waals surface area contributed by atoms with Gasteiger partial charge >= 0.3 is 17.8 Å². The molecule has 2 aromatic carbocycles. The van der Waals surface area contributed by atoms with Crippen LogP contribution in [0.4, 0.5) is 27.6 Å². The molecule has 0 saturated heterocycles. The fourth-order valence-corrected chi connectivity index (χ4v) is 2.83. The van der Waals surface area contributed by atoms with Gasteiger partial charge in [-0.05, 0) is 37.3 Å². The molecule has 0 unspecified atom stereocenters. The molecule has 0 radical (unpaired) electrons. The van der Waals surface area contributed by atoms with E-state index in [1.54, 1.807) is 5.32 Å². The second-order valence-electron chi connectivity index (χ2n) is 5.80. The predicted molar refractivity (Wildman–Crippen MR) is 99.3 cm³/mol. The number of benzene rings is 2. The van der Waals surface area contributed by atoms with E-state index in [1.165, 1.54) is 18.3 Å². The molecule has 0 saturated carbocycles. The zero-order valence-electron chi connectivity index (χ0n) is 15.0. The largest absolute Gasteiger partial charge is 0.463 e. The van der Waals surface area contributed by atoms with Crippen LogP contribution in [0.15, 0.2) is 36.4 Å². The van der Waals surface area contributed by atoms with E-state index in [0.717, 1.165) is 12.1 Å². The molecule has 0 aromatic heterocycles. The third kappa shape index (κ3) is 4.93. The number of esters is 1. The number of hydrogen-bond acceptors (Lipinski definition) is 4. The van der Waals surface area contributed by atoms with Crippen molar-refractivity contribution in [3.63, 3.8) is 0 Å². The third-order valence-electron chi connectivity index (χ3n) is 3.74. The Hall–Kier alpha value is -2.59. The van der Waals surface area contributed by atoms with Crippen molar-refractivity contribution in [2.45, 2.75) is 18.8 Å². The molecule has 0 heterocycles. The molecule has 0 aliphatic heterocycles. The van der Waals surface area contributed by atoms with Crippen molar-refractivity contribution in [2.75, 3.05) is 11.9 Å². The van der Waals surface area contributed by atoms with Crippen LogP contribution in [0.1, 0.15) is 17.3 Å². The average Bonchev–Trinajstić information content (AvgIpc) is 2.62. The van der Waals surface area contributed by atoms with Crippen molar-refractivity contribution in [1.82, 2.24) is 5.32 Å². The molecule has 0 bridgehead atoms. The van der Waals surface area contributed by atoms with Gasteiger partial charge in [-0.15, -0.1) is 0 Å². The number of nitrogens with one attached hydrogen (secondary N) is 2. The first-order valence-corrected chi connectivity index (χ1v) is 8.91. The molecule has 12 heteroatoms. The van der Waals surface area contributed by atoms with Crippen LogP contribution in [0, 0.1) is 11.6 Å². The Balaban J connectivity index is 2.58. The number of amides is 1. The van der Waals surface area contributed by atoms with E-state index in [0.29, 0.717) is 18.2 Å². The minimum atomic E-state index is -5.52. The highest BCUT2D eigenvalue weighted by atomic mass is 35.5. The van der Waals surface area contributed by atoms with Gasteiger partial charge in [-0.2, -0.15) is 13.2 Å². The number of carbonyl (C=O) groups is 2. The Kier molecular flexibility index (Phi) is 7.14. The zero-order valence-corrected chi connectivity index (χ0v) is 16.6. The molecule has 2 rings (SSSR count). The molecule has 0 aliphatic rings. The number of hydrogen-bond donors (Lipinski definition) is 2. The fourth-order valence-electron chi connectivity index (χ4n) is 2.33. The highest BCUT2D eigenvalue weighted by Gasteiger charge is 2.64. The molecular weight excluding hydrogens is 458 g/mol. The van der Waals surface area contributed by atoms with Crippen LogP contribution >= 0.6 is 23.2 Å². The maximum Gasteiger partial charge on any atom is 0.441 e. The number of rotatable bonds is 6. The van der Waals surface area contributed by atoms with Crippen molar-refractivity contribution in [3.05, 3.63) is 63.6 Å². The van der Waals surface area contributed by atoms with Crippen molar-refractivity contribution in [3.8, 4) is 0 Å². The van der Waals surface area contributed by atoms with Crippen molar-refractivity contribution in [2.24, 2.45) is 0 Å². The molecule has 30 heavy (non-hydrogen) atoms. The smallest absolute Gasteiger partial charge is 0.441 e. The first-order chi connectivity index (χ1) is 13.9. The van der Waals surface area contributed by atoms with E-state index in [-0.39, 0.29) is 10.0 Å². The second kappa shape index (κ2) is 9.05. The van der Waals surface area contributed by atoms with Crippen molar-refractivity contribution < 1.29 is 36.3 Å². The standard InChI is InChI=1S/C18H13Cl2F5N2O3/c1-2-30-16(29)17(18(23,24)25,26-14-6-4-10(21)8-13(14)22)27-15(28)11-5-3-9(19)7-12(11)20/h3-8,26H,2H2,1H3,(H,27,28)/t17-/m0/s1. The molecule has 2 aromatic rings. The number of anilines is 1. The van der Waals surface area contributed by atoms with Gasteiger partial charge in [0.2, 0.25) is 0 Å². The molecule has 1 amide bonds. The van der Waals surface area contributed by atoms with E-state index in [1.807, 2.05) is 0 Å². The Morgan fingerprint density at radius 2 is 1.73 bits per heavy atom. The molecule has 1 atom stereocenters. The van der Waals surface area contributed by atoms with Crippen molar-refractivity contribution in [1.29, 1.82) is 0 Å². The van der Waals surface area contributed by atoms with Gasteiger partial charge in [0.05, 0.1) is 22.9 Å². The summed E-state index contributed by atoms with van der Waals surface area (Å²) in [6.07, 6.45) is -5.52. The summed E-state index contributed by atoms with van der Waals surface area (Å²) in [5.74, 6) is -5.91. The molecule has 2 N–H and O–H groups in total. The van der Waals surface area contributed by atoms with Crippen LogP contribution in [0.5, 0.6) is 0 Å². The lowest BCUT2D eigenvalue weighted by Gasteiger charge is -2.35. The van der Waals surface area contributed by atoms with Crippen LogP contribution in [0.25, 0.3) is 0 Å². The lowest BCUT2D eigenvalue weighted by Crippen LogP contribution is -2.69. The summed E-state index contributed by atoms with van der Waals surface area (Å²) < 4.78 is 73.8. The first-order valence-electron chi connectivity index (χ1n) is 8.16. The van der Waals surface area contributed by atoms with E-state index in [2.05, 4.69) is 4.74 Å². The maximum absolute atomic E-state index is 14.1. The minimum Gasteiger partial charge on any atom is -0.463 e. The average molecular weight is 471 g/mol. The minimum absolute atomic E-state index is 0.107. The summed E-state index contributed by atoms with van der Waals surface area (Å²) in [6.45, 7) is 0.747. The van der Waals surface area contributed by atoms with Gasteiger partial charge in [0.25, 0.3) is 5.91 Å². The molecule has 0 spiro atoms. The Labute approximate surface area is 177 Å². The summed E-state index contributed by atoms with van der Waals surface area (Å²) in [5.41, 5.74) is -5.27. The van der Waals surface area contributed by atoms with Gasteiger partial charge in [0.1, 0.15) is 11.6 Å². The maximum atomic E-state index is 14.1. The van der Waals surface area contributed by atoms with Gasteiger partial charge in [-0.25, -0.2) is 13.6 Å². The van der Waals surface area contributed by atoms with Crippen LogP contribution in [-0.2, 0) is 9.53 Å². The third-order valence-corrected chi connectivity index (χ3v) is 4.28. The summed E-state index contributed by atoms with van der Waals surface area (Å²) >= 11 is 11.5. The van der Waals surface area contributed by atoms with E-state index in [4.69, 9.17) is 23.2 Å². The fraction of sp³-hybridized carbons (Fsp3) is 0.222. The first kappa shape index (κ1) is 23.7. The Morgan fingerprint density at radius 3 is 2.27 bits per heavy atom. The molecule has 0 aliphatic carbocycles. The van der Waals surface area contributed by atoms with Crippen LogP contribution < -0.4 is 10.6 Å². The molecular formula is C18H13Cl2F5N2O3. The topological polar surface area (TPSA) is 67.4 Å². The lowest BCUT2D eigenvalue weighted by molar-refractivity contribution is -0.204. The highest BCUT2D eigenvalue weighted by Crippen LogP contribution is 2.35. The Bertz CT molecular complexity index is 971. The Morgan fingerprint density at radius 1 is 1.07 bits per heavy atom.